The maximum absolute atomic E-state index is 12.3. The smallest absolute Gasteiger partial charge is 0.381 e. The molecule has 0 fully saturated rings. The molecule has 24 heavy (non-hydrogen) atoms. The zero-order chi connectivity index (χ0) is 17.7. The highest BCUT2D eigenvalue weighted by Gasteiger charge is 2.33. The Morgan fingerprint density at radius 3 is 1.96 bits per heavy atom. The molecule has 0 aliphatic heterocycles. The predicted molar refractivity (Wildman–Crippen MR) is 87.9 cm³/mol. The van der Waals surface area contributed by atoms with Crippen molar-refractivity contribution >= 4 is 23.4 Å². The van der Waals surface area contributed by atoms with Crippen LogP contribution >= 0.6 is 11.6 Å². The Bertz CT molecular complexity index is 754. The number of rotatable bonds is 6. The number of hydrogen-bond acceptors (Lipinski definition) is 6. The van der Waals surface area contributed by atoms with Gasteiger partial charge >= 0.3 is 5.97 Å². The fourth-order valence-electron chi connectivity index (χ4n) is 1.92. The summed E-state index contributed by atoms with van der Waals surface area (Å²) in [6.45, 7) is 2.88. The van der Waals surface area contributed by atoms with Crippen molar-refractivity contribution in [1.29, 1.82) is 0 Å². The van der Waals surface area contributed by atoms with Crippen molar-refractivity contribution in [3.8, 4) is 5.75 Å². The van der Waals surface area contributed by atoms with Crippen molar-refractivity contribution in [2.75, 3.05) is 0 Å². The van der Waals surface area contributed by atoms with Gasteiger partial charge in [0.2, 0.25) is 5.60 Å². The lowest BCUT2D eigenvalue weighted by Gasteiger charge is -2.22. The van der Waals surface area contributed by atoms with E-state index in [1.165, 1.54) is 13.8 Å². The number of nitrogens with zero attached hydrogens (tertiary/aromatic N) is 1. The highest BCUT2D eigenvalue weighted by atomic mass is 35.5. The molecule has 2 aromatic carbocycles. The van der Waals surface area contributed by atoms with Crippen LogP contribution in [0.3, 0.4) is 0 Å². The highest BCUT2D eigenvalue weighted by molar-refractivity contribution is 6.30. The third-order valence-corrected chi connectivity index (χ3v) is 3.46. The van der Waals surface area contributed by atoms with Crippen molar-refractivity contribution in [2.24, 2.45) is 5.34 Å². The van der Waals surface area contributed by atoms with Crippen LogP contribution in [-0.2, 0) is 9.63 Å². The van der Waals surface area contributed by atoms with Gasteiger partial charge in [0.1, 0.15) is 5.75 Å². The summed E-state index contributed by atoms with van der Waals surface area (Å²) in [4.78, 5) is 37.9. The Morgan fingerprint density at radius 1 is 0.958 bits per heavy atom. The van der Waals surface area contributed by atoms with Gasteiger partial charge in [0, 0.05) is 16.1 Å². The number of hydrogen-bond donors (Lipinski definition) is 0. The van der Waals surface area contributed by atoms with Crippen molar-refractivity contribution < 1.29 is 19.2 Å². The van der Waals surface area contributed by atoms with Crippen LogP contribution in [0.4, 0.5) is 0 Å². The molecule has 0 heterocycles. The van der Waals surface area contributed by atoms with Crippen LogP contribution in [0.1, 0.15) is 29.8 Å². The summed E-state index contributed by atoms with van der Waals surface area (Å²) in [5, 5.41) is 2.64. The van der Waals surface area contributed by atoms with E-state index in [9.17, 15) is 14.5 Å². The van der Waals surface area contributed by atoms with Gasteiger partial charge in [-0.3, -0.25) is 9.63 Å². The van der Waals surface area contributed by atoms with Crippen LogP contribution in [0.15, 0.2) is 53.9 Å². The van der Waals surface area contributed by atoms with E-state index in [1.807, 2.05) is 0 Å². The number of carbonyl (C=O) groups excluding carboxylic acids is 2. The van der Waals surface area contributed by atoms with Gasteiger partial charge in [0.25, 0.3) is 0 Å². The molecular formula is C17H14ClNO5. The van der Waals surface area contributed by atoms with Crippen LogP contribution in [0.5, 0.6) is 5.75 Å². The van der Waals surface area contributed by atoms with Gasteiger partial charge in [-0.1, -0.05) is 11.6 Å². The fourth-order valence-corrected chi connectivity index (χ4v) is 2.05. The average molecular weight is 348 g/mol. The molecule has 0 bridgehead atoms. The van der Waals surface area contributed by atoms with Crippen LogP contribution in [0, 0.1) is 4.91 Å². The molecule has 0 saturated carbocycles. The highest BCUT2D eigenvalue weighted by Crippen LogP contribution is 2.22. The molecule has 2 rings (SSSR count). The number of halogens is 1. The Balaban J connectivity index is 2.13. The first kappa shape index (κ1) is 17.6. The zero-order valence-corrected chi connectivity index (χ0v) is 13.7. The summed E-state index contributed by atoms with van der Waals surface area (Å²) in [7, 11) is 0. The Hall–Kier alpha value is -2.73. The van der Waals surface area contributed by atoms with E-state index in [4.69, 9.17) is 16.3 Å². The molecule has 0 unspecified atom stereocenters. The molecule has 124 valence electrons. The molecule has 0 radical (unpaired) electrons. The van der Waals surface area contributed by atoms with Crippen LogP contribution < -0.4 is 4.74 Å². The largest absolute Gasteiger partial charge is 0.476 e. The Labute approximate surface area is 143 Å². The first-order valence-electron chi connectivity index (χ1n) is 6.97. The Morgan fingerprint density at radius 2 is 1.46 bits per heavy atom. The lowest BCUT2D eigenvalue weighted by molar-refractivity contribution is -0.159. The lowest BCUT2D eigenvalue weighted by atomic mass is 10.0. The standard InChI is InChI=1S/C17H14ClNO5/c1-17(2,16(21)24-19-22)23-14-9-5-12(6-10-14)15(20)11-3-7-13(18)8-4-11/h3-10H,1-2H3. The lowest BCUT2D eigenvalue weighted by Crippen LogP contribution is -2.38. The number of benzene rings is 2. The Kier molecular flexibility index (Phi) is 5.31. The first-order chi connectivity index (χ1) is 11.3. The molecule has 0 aliphatic carbocycles. The maximum atomic E-state index is 12.3. The van der Waals surface area contributed by atoms with Crippen LogP contribution in [0.2, 0.25) is 5.02 Å². The second-order valence-electron chi connectivity index (χ2n) is 5.43. The van der Waals surface area contributed by atoms with E-state index in [1.54, 1.807) is 48.5 Å². The third kappa shape index (κ3) is 4.17. The van der Waals surface area contributed by atoms with Crippen molar-refractivity contribution in [3.63, 3.8) is 0 Å². The molecule has 0 aromatic heterocycles. The van der Waals surface area contributed by atoms with E-state index >= 15 is 0 Å². The van der Waals surface area contributed by atoms with E-state index in [0.29, 0.717) is 21.9 Å². The number of ketones is 1. The average Bonchev–Trinajstić information content (AvgIpc) is 2.55. The van der Waals surface area contributed by atoms with Gasteiger partial charge < -0.3 is 4.74 Å². The van der Waals surface area contributed by atoms with Gasteiger partial charge in [0.05, 0.1) is 0 Å². The van der Waals surface area contributed by atoms with E-state index in [-0.39, 0.29) is 5.78 Å². The SMILES string of the molecule is CC(C)(Oc1ccc(C(=O)c2ccc(Cl)cc2)cc1)C(=O)ON=O. The molecule has 7 heteroatoms. The number of ether oxygens (including phenoxy) is 1. The molecule has 0 spiro atoms. The van der Waals surface area contributed by atoms with E-state index < -0.39 is 11.6 Å². The summed E-state index contributed by atoms with van der Waals surface area (Å²) in [5.41, 5.74) is -0.427. The van der Waals surface area contributed by atoms with Gasteiger partial charge in [-0.15, -0.1) is 4.91 Å². The molecule has 0 aliphatic rings. The van der Waals surface area contributed by atoms with Crippen molar-refractivity contribution in [2.45, 2.75) is 19.4 Å². The van der Waals surface area contributed by atoms with E-state index in [2.05, 4.69) is 10.2 Å². The van der Waals surface area contributed by atoms with Crippen LogP contribution in [0.25, 0.3) is 0 Å². The first-order valence-corrected chi connectivity index (χ1v) is 7.35. The van der Waals surface area contributed by atoms with Crippen molar-refractivity contribution in [1.82, 2.24) is 0 Å². The minimum Gasteiger partial charge on any atom is -0.476 e. The van der Waals surface area contributed by atoms with Crippen molar-refractivity contribution in [3.05, 3.63) is 69.6 Å². The molecule has 0 amide bonds. The molecule has 0 atom stereocenters. The van der Waals surface area contributed by atoms with Gasteiger partial charge in [0.15, 0.2) is 11.1 Å². The quantitative estimate of drug-likeness (QED) is 0.449. The van der Waals surface area contributed by atoms with Crippen LogP contribution in [-0.4, -0.2) is 17.4 Å². The second kappa shape index (κ2) is 7.23. The normalized spacial score (nSPS) is 10.8. The molecule has 0 N–H and O–H groups in total. The van der Waals surface area contributed by atoms with E-state index in [0.717, 1.165) is 0 Å². The minimum absolute atomic E-state index is 0.165. The zero-order valence-electron chi connectivity index (χ0n) is 13.0. The molecule has 0 saturated heterocycles. The molecule has 2 aromatic rings. The number of carbonyl (C=O) groups is 2. The molecule has 6 nitrogen and oxygen atoms in total. The molecular weight excluding hydrogens is 334 g/mol. The summed E-state index contributed by atoms with van der Waals surface area (Å²) >= 11 is 5.80. The predicted octanol–water partition coefficient (Wildman–Crippen LogP) is 3.95. The second-order valence-corrected chi connectivity index (χ2v) is 5.86. The van der Waals surface area contributed by atoms with Gasteiger partial charge in [-0.05, 0) is 62.4 Å². The summed E-state index contributed by atoms with van der Waals surface area (Å²) in [5.74, 6) is -0.739. The van der Waals surface area contributed by atoms with Gasteiger partial charge in [-0.25, -0.2) is 4.79 Å². The third-order valence-electron chi connectivity index (χ3n) is 3.21. The summed E-state index contributed by atoms with van der Waals surface area (Å²) < 4.78 is 5.47. The topological polar surface area (TPSA) is 82.0 Å². The maximum Gasteiger partial charge on any atom is 0.381 e. The fraction of sp³-hybridized carbons (Fsp3) is 0.176. The van der Waals surface area contributed by atoms with Gasteiger partial charge in [-0.2, -0.15) is 0 Å². The summed E-state index contributed by atoms with van der Waals surface area (Å²) in [6.07, 6.45) is 0. The minimum atomic E-state index is -1.39. The monoisotopic (exact) mass is 347 g/mol. The summed E-state index contributed by atoms with van der Waals surface area (Å²) in [6, 6.07) is 12.8.